The zero-order chi connectivity index (χ0) is 18.6. The predicted molar refractivity (Wildman–Crippen MR) is 95.1 cm³/mol. The van der Waals surface area contributed by atoms with E-state index in [1.807, 2.05) is 18.2 Å². The van der Waals surface area contributed by atoms with Gasteiger partial charge in [-0.3, -0.25) is 4.79 Å². The minimum absolute atomic E-state index is 0.0344. The first-order valence-electron chi connectivity index (χ1n) is 8.40. The van der Waals surface area contributed by atoms with Gasteiger partial charge in [0.1, 0.15) is 5.75 Å². The quantitative estimate of drug-likeness (QED) is 0.766. The number of para-hydroxylation sites is 1. The highest BCUT2D eigenvalue weighted by molar-refractivity contribution is 7.89. The average molecular weight is 378 g/mol. The van der Waals surface area contributed by atoms with Crippen LogP contribution in [0, 0.1) is 0 Å². The van der Waals surface area contributed by atoms with Crippen LogP contribution >= 0.6 is 0 Å². The van der Waals surface area contributed by atoms with E-state index in [1.54, 1.807) is 28.6 Å². The summed E-state index contributed by atoms with van der Waals surface area (Å²) in [6, 6.07) is 9.13. The van der Waals surface area contributed by atoms with Gasteiger partial charge in [0.25, 0.3) is 15.9 Å². The summed E-state index contributed by atoms with van der Waals surface area (Å²) in [4.78, 5) is 18.0. The van der Waals surface area contributed by atoms with E-state index in [9.17, 15) is 13.2 Å². The fourth-order valence-corrected chi connectivity index (χ4v) is 4.23. The molecule has 0 bridgehead atoms. The van der Waals surface area contributed by atoms with Crippen molar-refractivity contribution in [2.45, 2.75) is 11.4 Å². The molecule has 1 fully saturated rings. The van der Waals surface area contributed by atoms with Gasteiger partial charge >= 0.3 is 0 Å². The molecule has 1 aromatic carbocycles. The second kappa shape index (κ2) is 7.88. The SMILES string of the molecule is Cn1cnc(S(=O)(=O)N2CCCN(C(=O)COc3ccccc3)CC2)c1. The first kappa shape index (κ1) is 18.4. The molecule has 26 heavy (non-hydrogen) atoms. The van der Waals surface area contributed by atoms with E-state index < -0.39 is 10.0 Å². The maximum atomic E-state index is 12.7. The number of hydrogen-bond acceptors (Lipinski definition) is 5. The van der Waals surface area contributed by atoms with Crippen molar-refractivity contribution in [2.24, 2.45) is 7.05 Å². The summed E-state index contributed by atoms with van der Waals surface area (Å²) in [5, 5.41) is 0.0344. The van der Waals surface area contributed by atoms with Crippen molar-refractivity contribution in [3.8, 4) is 5.75 Å². The van der Waals surface area contributed by atoms with Crippen molar-refractivity contribution in [1.29, 1.82) is 0 Å². The Labute approximate surface area is 153 Å². The average Bonchev–Trinajstić information content (AvgIpc) is 2.93. The van der Waals surface area contributed by atoms with Crippen molar-refractivity contribution in [1.82, 2.24) is 18.8 Å². The molecule has 0 spiro atoms. The number of amides is 1. The maximum absolute atomic E-state index is 12.7. The largest absolute Gasteiger partial charge is 0.484 e. The number of nitrogens with zero attached hydrogens (tertiary/aromatic N) is 4. The van der Waals surface area contributed by atoms with Gasteiger partial charge in [0.15, 0.2) is 11.6 Å². The summed E-state index contributed by atoms with van der Waals surface area (Å²) in [6.45, 7) is 1.39. The van der Waals surface area contributed by atoms with Crippen molar-refractivity contribution >= 4 is 15.9 Å². The number of ether oxygens (including phenoxy) is 1. The standard InChI is InChI=1S/C17H22N4O4S/c1-19-12-16(18-14-19)26(23,24)21-9-5-8-20(10-11-21)17(22)13-25-15-6-3-2-4-7-15/h2-4,6-7,12,14H,5,8-11,13H2,1H3. The summed E-state index contributed by atoms with van der Waals surface area (Å²) >= 11 is 0. The Hall–Kier alpha value is -2.39. The summed E-state index contributed by atoms with van der Waals surface area (Å²) < 4.78 is 33.8. The number of hydrogen-bond donors (Lipinski definition) is 0. The molecule has 9 heteroatoms. The van der Waals surface area contributed by atoms with Crippen LogP contribution in [-0.2, 0) is 21.9 Å². The number of sulfonamides is 1. The Bertz CT molecular complexity index is 851. The zero-order valence-corrected chi connectivity index (χ0v) is 15.4. The molecule has 1 aliphatic rings. The van der Waals surface area contributed by atoms with Gasteiger partial charge in [0.05, 0.1) is 6.33 Å². The van der Waals surface area contributed by atoms with Gasteiger partial charge in [0.2, 0.25) is 0 Å². The smallest absolute Gasteiger partial charge is 0.262 e. The lowest BCUT2D eigenvalue weighted by Gasteiger charge is -2.21. The van der Waals surface area contributed by atoms with Gasteiger partial charge in [-0.25, -0.2) is 13.4 Å². The molecular weight excluding hydrogens is 356 g/mol. The van der Waals surface area contributed by atoms with Gasteiger partial charge in [-0.1, -0.05) is 18.2 Å². The Balaban J connectivity index is 1.58. The third-order valence-electron chi connectivity index (χ3n) is 4.20. The topological polar surface area (TPSA) is 84.7 Å². The van der Waals surface area contributed by atoms with Crippen LogP contribution in [0.4, 0.5) is 0 Å². The molecule has 1 amide bonds. The first-order chi connectivity index (χ1) is 12.5. The molecule has 1 aromatic heterocycles. The fourth-order valence-electron chi connectivity index (χ4n) is 2.79. The van der Waals surface area contributed by atoms with Crippen LogP contribution in [-0.4, -0.2) is 65.9 Å². The Morgan fingerprint density at radius 3 is 2.62 bits per heavy atom. The van der Waals surface area contributed by atoms with Gasteiger partial charge in [-0.2, -0.15) is 4.31 Å². The molecule has 0 N–H and O–H groups in total. The number of aromatic nitrogens is 2. The van der Waals surface area contributed by atoms with E-state index in [0.29, 0.717) is 31.8 Å². The monoisotopic (exact) mass is 378 g/mol. The molecule has 0 radical (unpaired) electrons. The number of aryl methyl sites for hydroxylation is 1. The molecule has 140 valence electrons. The van der Waals surface area contributed by atoms with E-state index >= 15 is 0 Å². The molecule has 2 aromatic rings. The van der Waals surface area contributed by atoms with Gasteiger partial charge in [-0.05, 0) is 18.6 Å². The summed E-state index contributed by atoms with van der Waals surface area (Å²) in [5.41, 5.74) is 0. The lowest BCUT2D eigenvalue weighted by atomic mass is 10.3. The third kappa shape index (κ3) is 4.23. The first-order valence-corrected chi connectivity index (χ1v) is 9.84. The highest BCUT2D eigenvalue weighted by Crippen LogP contribution is 2.16. The second-order valence-electron chi connectivity index (χ2n) is 6.12. The van der Waals surface area contributed by atoms with E-state index in [4.69, 9.17) is 4.74 Å². The van der Waals surface area contributed by atoms with Crippen LogP contribution in [0.25, 0.3) is 0 Å². The molecule has 3 rings (SSSR count). The third-order valence-corrected chi connectivity index (χ3v) is 5.98. The molecule has 0 atom stereocenters. The van der Waals surface area contributed by atoms with Crippen LogP contribution in [0.3, 0.4) is 0 Å². The second-order valence-corrected chi connectivity index (χ2v) is 8.00. The molecule has 0 aliphatic carbocycles. The van der Waals surface area contributed by atoms with Crippen LogP contribution in [0.1, 0.15) is 6.42 Å². The Morgan fingerprint density at radius 2 is 1.92 bits per heavy atom. The number of benzene rings is 1. The van der Waals surface area contributed by atoms with Crippen molar-refractivity contribution in [3.05, 3.63) is 42.9 Å². The number of carbonyl (C=O) groups is 1. The lowest BCUT2D eigenvalue weighted by Crippen LogP contribution is -2.39. The summed E-state index contributed by atoms with van der Waals surface area (Å²) in [7, 11) is -1.91. The van der Waals surface area contributed by atoms with Crippen LogP contribution in [0.5, 0.6) is 5.75 Å². The van der Waals surface area contributed by atoms with Crippen molar-refractivity contribution < 1.29 is 17.9 Å². The molecule has 1 aliphatic heterocycles. The van der Waals surface area contributed by atoms with Crippen LogP contribution < -0.4 is 4.74 Å². The minimum atomic E-state index is -3.64. The van der Waals surface area contributed by atoms with E-state index in [0.717, 1.165) is 0 Å². The van der Waals surface area contributed by atoms with E-state index in [2.05, 4.69) is 4.98 Å². The van der Waals surface area contributed by atoms with Gasteiger partial charge in [0, 0.05) is 39.4 Å². The lowest BCUT2D eigenvalue weighted by molar-refractivity contribution is -0.133. The molecule has 1 saturated heterocycles. The highest BCUT2D eigenvalue weighted by Gasteiger charge is 2.29. The van der Waals surface area contributed by atoms with E-state index in [1.165, 1.54) is 16.8 Å². The minimum Gasteiger partial charge on any atom is -0.484 e. The normalized spacial score (nSPS) is 16.3. The molecule has 8 nitrogen and oxygen atoms in total. The van der Waals surface area contributed by atoms with Crippen LogP contribution in [0.15, 0.2) is 47.9 Å². The number of carbonyl (C=O) groups excluding carboxylic acids is 1. The molecule has 0 unspecified atom stereocenters. The molecule has 0 saturated carbocycles. The van der Waals surface area contributed by atoms with Crippen LogP contribution in [0.2, 0.25) is 0 Å². The highest BCUT2D eigenvalue weighted by atomic mass is 32.2. The molecule has 2 heterocycles. The summed E-state index contributed by atoms with van der Waals surface area (Å²) in [5.74, 6) is 0.487. The molecular formula is C17H22N4O4S. The summed E-state index contributed by atoms with van der Waals surface area (Å²) in [6.07, 6.45) is 3.52. The fraction of sp³-hybridized carbons (Fsp3) is 0.412. The number of imidazole rings is 1. The Morgan fingerprint density at radius 1 is 1.15 bits per heavy atom. The van der Waals surface area contributed by atoms with E-state index in [-0.39, 0.29) is 24.1 Å². The van der Waals surface area contributed by atoms with Gasteiger partial charge < -0.3 is 14.2 Å². The van der Waals surface area contributed by atoms with Crippen molar-refractivity contribution in [3.63, 3.8) is 0 Å². The zero-order valence-electron chi connectivity index (χ0n) is 14.6. The maximum Gasteiger partial charge on any atom is 0.262 e. The number of rotatable bonds is 5. The predicted octanol–water partition coefficient (Wildman–Crippen LogP) is 0.722. The van der Waals surface area contributed by atoms with Gasteiger partial charge in [-0.15, -0.1) is 0 Å². The Kier molecular flexibility index (Phi) is 5.58. The van der Waals surface area contributed by atoms with Crippen molar-refractivity contribution in [2.75, 3.05) is 32.8 Å².